The Morgan fingerprint density at radius 1 is 1.33 bits per heavy atom. The Hall–Kier alpha value is -2.55. The molecule has 3 aromatic rings. The smallest absolute Gasteiger partial charge is 0.276 e. The summed E-state index contributed by atoms with van der Waals surface area (Å²) in [6, 6.07) is 1.78. The number of carbonyl (C=O) groups is 1. The van der Waals surface area contributed by atoms with E-state index in [2.05, 4.69) is 19.7 Å². The van der Waals surface area contributed by atoms with Gasteiger partial charge in [-0.25, -0.2) is 9.50 Å². The molecule has 1 aliphatic rings. The molecule has 0 saturated carbocycles. The highest BCUT2D eigenvalue weighted by Crippen LogP contribution is 2.32. The van der Waals surface area contributed by atoms with Gasteiger partial charge in [-0.3, -0.25) is 14.7 Å². The molecule has 27 heavy (non-hydrogen) atoms. The molecule has 1 saturated heterocycles. The van der Waals surface area contributed by atoms with Crippen LogP contribution in [0.4, 0.5) is 0 Å². The van der Waals surface area contributed by atoms with Crippen molar-refractivity contribution in [2.24, 2.45) is 0 Å². The van der Waals surface area contributed by atoms with Crippen molar-refractivity contribution in [3.8, 4) is 0 Å². The first-order chi connectivity index (χ1) is 13.0. The predicted molar refractivity (Wildman–Crippen MR) is 102 cm³/mol. The first kappa shape index (κ1) is 17.8. The molecule has 142 valence electrons. The Kier molecular flexibility index (Phi) is 4.55. The number of rotatable bonds is 3. The van der Waals surface area contributed by atoms with Crippen LogP contribution in [0.1, 0.15) is 64.5 Å². The lowest BCUT2D eigenvalue weighted by Gasteiger charge is -2.34. The molecule has 4 heterocycles. The van der Waals surface area contributed by atoms with Crippen LogP contribution in [0, 0.1) is 13.8 Å². The first-order valence-electron chi connectivity index (χ1n) is 9.22. The van der Waals surface area contributed by atoms with Crippen LogP contribution >= 0.6 is 11.5 Å². The highest BCUT2D eigenvalue weighted by molar-refractivity contribution is 7.07. The van der Waals surface area contributed by atoms with Gasteiger partial charge < -0.3 is 4.90 Å². The minimum Gasteiger partial charge on any atom is -0.329 e. The van der Waals surface area contributed by atoms with Crippen molar-refractivity contribution in [3.05, 3.63) is 43.9 Å². The highest BCUT2D eigenvalue weighted by Gasteiger charge is 2.32. The van der Waals surface area contributed by atoms with E-state index in [0.717, 1.165) is 42.2 Å². The Morgan fingerprint density at radius 3 is 2.85 bits per heavy atom. The quantitative estimate of drug-likeness (QED) is 0.746. The largest absolute Gasteiger partial charge is 0.329 e. The maximum absolute atomic E-state index is 13.1. The van der Waals surface area contributed by atoms with Gasteiger partial charge in [-0.15, -0.1) is 5.10 Å². The van der Waals surface area contributed by atoms with Crippen LogP contribution in [-0.4, -0.2) is 41.5 Å². The van der Waals surface area contributed by atoms with Gasteiger partial charge in [0.25, 0.3) is 11.5 Å². The number of aromatic nitrogens is 5. The van der Waals surface area contributed by atoms with Gasteiger partial charge in [0, 0.05) is 23.9 Å². The zero-order chi connectivity index (χ0) is 19.1. The molecular formula is C18H22N6O2S. The molecule has 9 heteroatoms. The average Bonchev–Trinajstić information content (AvgIpc) is 3.28. The van der Waals surface area contributed by atoms with Crippen molar-refractivity contribution in [1.29, 1.82) is 0 Å². The van der Waals surface area contributed by atoms with E-state index < -0.39 is 0 Å². The van der Waals surface area contributed by atoms with E-state index >= 15 is 0 Å². The monoisotopic (exact) mass is 386 g/mol. The second-order valence-corrected chi connectivity index (χ2v) is 7.69. The molecule has 4 rings (SSSR count). The first-order valence-corrected chi connectivity index (χ1v) is 9.99. The van der Waals surface area contributed by atoms with E-state index in [4.69, 9.17) is 0 Å². The fraction of sp³-hybridized carbons (Fsp3) is 0.500. The van der Waals surface area contributed by atoms with Crippen molar-refractivity contribution < 1.29 is 4.79 Å². The topological polar surface area (TPSA) is 96.2 Å². The van der Waals surface area contributed by atoms with Crippen molar-refractivity contribution in [1.82, 2.24) is 29.1 Å². The van der Waals surface area contributed by atoms with Crippen LogP contribution in [0.15, 0.2) is 10.9 Å². The minimum atomic E-state index is -0.112. The van der Waals surface area contributed by atoms with Crippen LogP contribution in [0.3, 0.4) is 0 Å². The number of hydrogen-bond donors (Lipinski definition) is 1. The van der Waals surface area contributed by atoms with E-state index in [1.54, 1.807) is 6.92 Å². The SMILES string of the molecule is CCc1c(C)nc2cc(C3CCCCN3C(=O)c3snnc3C)[nH]n2c1=O. The Morgan fingerprint density at radius 2 is 2.15 bits per heavy atom. The fourth-order valence-electron chi connectivity index (χ4n) is 3.82. The number of fused-ring (bicyclic) bond motifs is 1. The number of likely N-dealkylation sites (tertiary alicyclic amines) is 1. The van der Waals surface area contributed by atoms with Gasteiger partial charge in [0.15, 0.2) is 5.65 Å². The van der Waals surface area contributed by atoms with E-state index in [1.165, 1.54) is 4.52 Å². The van der Waals surface area contributed by atoms with Gasteiger partial charge in [0.05, 0.1) is 17.4 Å². The van der Waals surface area contributed by atoms with Gasteiger partial charge in [0.1, 0.15) is 4.88 Å². The summed E-state index contributed by atoms with van der Waals surface area (Å²) in [5, 5.41) is 7.16. The van der Waals surface area contributed by atoms with Crippen LogP contribution in [-0.2, 0) is 6.42 Å². The number of aromatic amines is 1. The summed E-state index contributed by atoms with van der Waals surface area (Å²) in [6.45, 7) is 6.30. The molecule has 1 N–H and O–H groups in total. The molecule has 0 aliphatic carbocycles. The molecule has 1 atom stereocenters. The molecule has 3 aromatic heterocycles. The van der Waals surface area contributed by atoms with Crippen molar-refractivity contribution in [3.63, 3.8) is 0 Å². The highest BCUT2D eigenvalue weighted by atomic mass is 32.1. The Balaban J connectivity index is 1.76. The normalized spacial score (nSPS) is 17.6. The third-order valence-corrected chi connectivity index (χ3v) is 6.07. The summed E-state index contributed by atoms with van der Waals surface area (Å²) in [6.07, 6.45) is 3.48. The zero-order valence-corrected chi connectivity index (χ0v) is 16.5. The maximum Gasteiger partial charge on any atom is 0.276 e. The van der Waals surface area contributed by atoms with Crippen molar-refractivity contribution in [2.75, 3.05) is 6.54 Å². The van der Waals surface area contributed by atoms with Crippen LogP contribution in [0.25, 0.3) is 5.65 Å². The molecular weight excluding hydrogens is 364 g/mol. The molecule has 1 fully saturated rings. The Bertz CT molecular complexity index is 1070. The Labute approximate surface area is 160 Å². The summed E-state index contributed by atoms with van der Waals surface area (Å²) in [5.74, 6) is -0.0448. The predicted octanol–water partition coefficient (Wildman–Crippen LogP) is 2.42. The van der Waals surface area contributed by atoms with E-state index in [1.807, 2.05) is 24.8 Å². The number of amides is 1. The van der Waals surface area contributed by atoms with E-state index in [9.17, 15) is 9.59 Å². The van der Waals surface area contributed by atoms with Crippen LogP contribution < -0.4 is 5.56 Å². The number of H-pyrrole nitrogens is 1. The molecule has 1 unspecified atom stereocenters. The lowest BCUT2D eigenvalue weighted by Crippen LogP contribution is -2.38. The summed E-state index contributed by atoms with van der Waals surface area (Å²) in [7, 11) is 0. The number of hydrogen-bond acceptors (Lipinski definition) is 6. The second kappa shape index (κ2) is 6.88. The second-order valence-electron chi connectivity index (χ2n) is 6.94. The minimum absolute atomic E-state index is 0.0448. The van der Waals surface area contributed by atoms with Gasteiger partial charge in [-0.2, -0.15) is 0 Å². The third-order valence-electron chi connectivity index (χ3n) is 5.26. The average molecular weight is 386 g/mol. The number of nitrogens with one attached hydrogen (secondary N) is 1. The van der Waals surface area contributed by atoms with Crippen LogP contribution in [0.2, 0.25) is 0 Å². The summed E-state index contributed by atoms with van der Waals surface area (Å²) >= 11 is 1.13. The number of piperidine rings is 1. The number of aryl methyl sites for hydroxylation is 2. The standard InChI is InChI=1S/C18H22N6O2S/c1-4-12-10(2)19-15-9-13(21-24(15)17(12)25)14-7-5-6-8-23(14)18(26)16-11(3)20-22-27-16/h9,14,21H,4-8H2,1-3H3. The third kappa shape index (κ3) is 2.95. The van der Waals surface area contributed by atoms with Crippen molar-refractivity contribution in [2.45, 2.75) is 52.5 Å². The lowest BCUT2D eigenvalue weighted by molar-refractivity contribution is 0.0610. The van der Waals surface area contributed by atoms with Gasteiger partial charge >= 0.3 is 0 Å². The van der Waals surface area contributed by atoms with Gasteiger partial charge in [-0.1, -0.05) is 11.4 Å². The number of nitrogens with zero attached hydrogens (tertiary/aromatic N) is 5. The molecule has 0 bridgehead atoms. The van der Waals surface area contributed by atoms with E-state index in [0.29, 0.717) is 34.7 Å². The molecule has 1 aliphatic heterocycles. The van der Waals surface area contributed by atoms with Crippen LogP contribution in [0.5, 0.6) is 0 Å². The van der Waals surface area contributed by atoms with Gasteiger partial charge in [0.2, 0.25) is 0 Å². The molecule has 8 nitrogen and oxygen atoms in total. The lowest BCUT2D eigenvalue weighted by atomic mass is 9.99. The fourth-order valence-corrected chi connectivity index (χ4v) is 4.44. The molecule has 0 spiro atoms. The zero-order valence-electron chi connectivity index (χ0n) is 15.7. The summed E-state index contributed by atoms with van der Waals surface area (Å²) < 4.78 is 5.39. The molecule has 0 aromatic carbocycles. The summed E-state index contributed by atoms with van der Waals surface area (Å²) in [5.41, 5.74) is 3.50. The van der Waals surface area contributed by atoms with Crippen molar-refractivity contribution >= 4 is 23.1 Å². The molecule has 1 amide bonds. The number of carbonyl (C=O) groups excluding carboxylic acids is 1. The molecule has 0 radical (unpaired) electrons. The van der Waals surface area contributed by atoms with Gasteiger partial charge in [-0.05, 0) is 51.1 Å². The maximum atomic E-state index is 13.1. The summed E-state index contributed by atoms with van der Waals surface area (Å²) in [4.78, 5) is 32.8. The van der Waals surface area contributed by atoms with E-state index in [-0.39, 0.29) is 17.5 Å².